The van der Waals surface area contributed by atoms with Crippen molar-refractivity contribution >= 4 is 6.88 Å². The van der Waals surface area contributed by atoms with E-state index in [1.54, 1.807) is 34.5 Å². The fourth-order valence-electron chi connectivity index (χ4n) is 3.33. The first-order valence-electron chi connectivity index (χ1n) is 7.68. The Labute approximate surface area is 170 Å². The van der Waals surface area contributed by atoms with Crippen molar-refractivity contribution in [3.05, 3.63) is 90.2 Å². The molecule has 0 aromatic carbocycles. The van der Waals surface area contributed by atoms with Crippen LogP contribution < -0.4 is 0 Å². The van der Waals surface area contributed by atoms with Gasteiger partial charge in [0.15, 0.2) is 0 Å². The SMILES string of the molecule is C1=CCC2CC[CH-]C2=C1.C1=CCC2CC[CH-]C2=C1.[CH3-].[CH3-].[CH3-].[CH3-].[SiH2]=[Zr]. The van der Waals surface area contributed by atoms with Crippen LogP contribution in [0.5, 0.6) is 0 Å². The van der Waals surface area contributed by atoms with Crippen LogP contribution in [0.3, 0.4) is 0 Å². The Bertz CT molecular complexity index is 391. The molecule has 2 unspecified atom stereocenters. The Hall–Kier alpha value is -0.200. The molecule has 24 heavy (non-hydrogen) atoms. The van der Waals surface area contributed by atoms with Crippen molar-refractivity contribution < 1.29 is 23.3 Å². The van der Waals surface area contributed by atoms with E-state index in [9.17, 15) is 0 Å². The molecule has 0 aromatic rings. The molecule has 0 spiro atoms. The molecular formula is C22H36SiZr-6. The topological polar surface area (TPSA) is 0 Å². The Morgan fingerprint density at radius 2 is 1.12 bits per heavy atom. The summed E-state index contributed by atoms with van der Waals surface area (Å²) < 4.78 is 0. The zero-order chi connectivity index (χ0) is 14.2. The Morgan fingerprint density at radius 1 is 0.750 bits per heavy atom. The second kappa shape index (κ2) is 16.3. The van der Waals surface area contributed by atoms with Crippen LogP contribution in [0.15, 0.2) is 47.6 Å². The first-order valence-corrected chi connectivity index (χ1v) is 13.6. The summed E-state index contributed by atoms with van der Waals surface area (Å²) in [4.78, 5) is 0. The van der Waals surface area contributed by atoms with E-state index in [1.165, 1.54) is 38.5 Å². The summed E-state index contributed by atoms with van der Waals surface area (Å²) in [6.07, 6.45) is 26.1. The summed E-state index contributed by atoms with van der Waals surface area (Å²) in [6, 6.07) is 0. The van der Waals surface area contributed by atoms with Gasteiger partial charge in [0, 0.05) is 0 Å². The van der Waals surface area contributed by atoms with Crippen molar-refractivity contribution in [3.63, 3.8) is 0 Å². The van der Waals surface area contributed by atoms with E-state index in [0.29, 0.717) is 0 Å². The van der Waals surface area contributed by atoms with Gasteiger partial charge in [-0.1, -0.05) is 12.8 Å². The van der Waals surface area contributed by atoms with Gasteiger partial charge in [0.1, 0.15) is 0 Å². The zero-order valence-corrected chi connectivity index (χ0v) is 20.1. The molecule has 0 saturated heterocycles. The molecule has 2 heteroatoms. The summed E-state index contributed by atoms with van der Waals surface area (Å²) >= 11 is 1.58. The number of rotatable bonds is 0. The van der Waals surface area contributed by atoms with Crippen LogP contribution in [0.2, 0.25) is 0 Å². The van der Waals surface area contributed by atoms with Gasteiger partial charge in [-0.2, -0.15) is 0 Å². The molecule has 0 radical (unpaired) electrons. The van der Waals surface area contributed by atoms with E-state index < -0.39 is 0 Å². The van der Waals surface area contributed by atoms with E-state index in [0.717, 1.165) is 11.8 Å². The van der Waals surface area contributed by atoms with Crippen LogP contribution in [0.25, 0.3) is 0 Å². The number of hydrogen-bond donors (Lipinski definition) is 0. The van der Waals surface area contributed by atoms with Crippen molar-refractivity contribution in [2.45, 2.75) is 38.5 Å². The van der Waals surface area contributed by atoms with E-state index in [1.807, 2.05) is 6.88 Å². The van der Waals surface area contributed by atoms with Gasteiger partial charge in [-0.05, 0) is 24.7 Å². The average Bonchev–Trinajstić information content (AvgIpc) is 3.18. The van der Waals surface area contributed by atoms with Crippen molar-refractivity contribution in [1.82, 2.24) is 0 Å². The van der Waals surface area contributed by atoms with Crippen molar-refractivity contribution in [2.75, 3.05) is 0 Å². The fourth-order valence-corrected chi connectivity index (χ4v) is 3.33. The average molecular weight is 420 g/mol. The fraction of sp³-hybridized carbons (Fsp3) is 0.364. The van der Waals surface area contributed by atoms with Gasteiger partial charge in [0.05, 0.1) is 0 Å². The van der Waals surface area contributed by atoms with Crippen LogP contribution in [0.1, 0.15) is 38.5 Å². The standard InChI is InChI=1S/2C9H11.4CH3.H2Si.Zr/c2*1-2-5-9-7-3-6-8(9)4-1;;;;;;/h2*1-2,4,6,9H,3,5,7H2;4*1H3;1H2;/q6*-1;;. The van der Waals surface area contributed by atoms with Gasteiger partial charge >= 0.3 is 30.2 Å². The summed E-state index contributed by atoms with van der Waals surface area (Å²) in [5, 5.41) is 0. The summed E-state index contributed by atoms with van der Waals surface area (Å²) in [7, 11) is 0. The predicted molar refractivity (Wildman–Crippen MR) is 112 cm³/mol. The second-order valence-corrected chi connectivity index (χ2v) is 5.62. The van der Waals surface area contributed by atoms with E-state index in [2.05, 4.69) is 49.3 Å². The quantitative estimate of drug-likeness (QED) is 0.341. The Kier molecular flexibility index (Phi) is 19.4. The molecule has 0 nitrogen and oxygen atoms in total. The van der Waals surface area contributed by atoms with Crippen molar-refractivity contribution in [2.24, 2.45) is 11.8 Å². The van der Waals surface area contributed by atoms with Gasteiger partial charge < -0.3 is 29.7 Å². The van der Waals surface area contributed by atoms with Crippen LogP contribution in [0, 0.1) is 54.4 Å². The number of hydrogen-bond acceptors (Lipinski definition) is 0. The normalized spacial score (nSPS) is 23.5. The molecule has 2 saturated carbocycles. The maximum atomic E-state index is 2.37. The minimum atomic E-state index is 0. The number of allylic oxidation sites excluding steroid dienone is 8. The van der Waals surface area contributed by atoms with E-state index >= 15 is 0 Å². The Balaban J connectivity index is -0.000000290. The molecule has 138 valence electrons. The van der Waals surface area contributed by atoms with Gasteiger partial charge in [-0.15, -0.1) is 37.1 Å². The molecule has 4 aliphatic carbocycles. The molecule has 4 rings (SSSR count). The summed E-state index contributed by atoms with van der Waals surface area (Å²) in [5.74, 6) is 1.77. The molecule has 0 N–H and O–H groups in total. The monoisotopic (exact) mass is 418 g/mol. The van der Waals surface area contributed by atoms with Gasteiger partial charge in [0.25, 0.3) is 0 Å². The molecular weight excluding hydrogens is 384 g/mol. The van der Waals surface area contributed by atoms with Crippen LogP contribution in [0.4, 0.5) is 0 Å². The zero-order valence-electron chi connectivity index (χ0n) is 16.2. The molecule has 2 atom stereocenters. The maximum absolute atomic E-state index is 2.37. The predicted octanol–water partition coefficient (Wildman–Crippen LogP) is 5.86. The third kappa shape index (κ3) is 8.26. The van der Waals surface area contributed by atoms with Gasteiger partial charge in [-0.25, -0.2) is 36.1 Å². The molecule has 0 aromatic heterocycles. The molecule has 0 aliphatic heterocycles. The first kappa shape index (κ1) is 28.6. The van der Waals surface area contributed by atoms with Gasteiger partial charge in [-0.3, -0.25) is 0 Å². The van der Waals surface area contributed by atoms with Crippen LogP contribution >= 0.6 is 0 Å². The number of fused-ring (bicyclic) bond motifs is 2. The van der Waals surface area contributed by atoms with Crippen molar-refractivity contribution in [3.8, 4) is 0 Å². The first-order chi connectivity index (χ1) is 9.93. The van der Waals surface area contributed by atoms with E-state index in [-0.39, 0.29) is 29.7 Å². The molecule has 4 aliphatic rings. The van der Waals surface area contributed by atoms with E-state index in [4.69, 9.17) is 0 Å². The van der Waals surface area contributed by atoms with Crippen LogP contribution in [-0.4, -0.2) is 6.88 Å². The summed E-state index contributed by atoms with van der Waals surface area (Å²) in [6.45, 7) is 1.95. The van der Waals surface area contributed by atoms with Crippen LogP contribution in [-0.2, 0) is 23.3 Å². The third-order valence-corrected chi connectivity index (χ3v) is 4.42. The second-order valence-electron chi connectivity index (χ2n) is 5.62. The molecule has 2 fully saturated rings. The Morgan fingerprint density at radius 3 is 1.46 bits per heavy atom. The minimum absolute atomic E-state index is 0. The van der Waals surface area contributed by atoms with Crippen molar-refractivity contribution in [1.29, 1.82) is 0 Å². The molecule has 0 heterocycles. The molecule has 0 bridgehead atoms. The summed E-state index contributed by atoms with van der Waals surface area (Å²) in [5.41, 5.74) is 3.16. The third-order valence-electron chi connectivity index (χ3n) is 4.42. The molecule has 0 amide bonds. The van der Waals surface area contributed by atoms with Gasteiger partial charge in [0.2, 0.25) is 0 Å².